The molecule has 5 N–H and O–H groups in total. The minimum absolute atomic E-state index is 0.0447. The molecule has 0 aliphatic heterocycles. The first-order valence-electron chi connectivity index (χ1n) is 11.2. The Morgan fingerprint density at radius 2 is 1.62 bits per heavy atom. The number of anilines is 6. The minimum atomic E-state index is -4.63. The van der Waals surface area contributed by atoms with E-state index in [1.165, 1.54) is 18.9 Å². The topological polar surface area (TPSA) is 120 Å². The molecular weight excluding hydrogens is 509 g/mol. The second kappa shape index (κ2) is 9.97. The van der Waals surface area contributed by atoms with Crippen LogP contribution in [0.3, 0.4) is 0 Å². The third kappa shape index (κ3) is 6.28. The van der Waals surface area contributed by atoms with Gasteiger partial charge < -0.3 is 21.3 Å². The third-order valence-electron chi connectivity index (χ3n) is 5.46. The highest BCUT2D eigenvalue weighted by Gasteiger charge is 2.33. The fourth-order valence-corrected chi connectivity index (χ4v) is 3.73. The van der Waals surface area contributed by atoms with Crippen LogP contribution in [0.5, 0.6) is 0 Å². The van der Waals surface area contributed by atoms with Crippen molar-refractivity contribution in [2.75, 3.05) is 21.3 Å². The molecule has 0 bridgehead atoms. The zero-order valence-electron chi connectivity index (χ0n) is 19.0. The lowest BCUT2D eigenvalue weighted by molar-refractivity contribution is -0.137. The SMILES string of the molecule is O=C(Nc1ccc(Nc2nccc(Nc3cc(C4CC4)[nH]n3)n2)cc1)Nc1ccc(Cl)c(C(F)(F)F)c1. The van der Waals surface area contributed by atoms with Crippen molar-refractivity contribution in [3.63, 3.8) is 0 Å². The molecule has 190 valence electrons. The Bertz CT molecular complexity index is 1420. The van der Waals surface area contributed by atoms with Crippen LogP contribution in [0.15, 0.2) is 60.8 Å². The van der Waals surface area contributed by atoms with Crippen LogP contribution in [-0.4, -0.2) is 26.2 Å². The number of aromatic amines is 1. The molecule has 5 rings (SSSR count). The third-order valence-corrected chi connectivity index (χ3v) is 5.78. The number of alkyl halides is 3. The molecule has 1 aliphatic rings. The minimum Gasteiger partial charge on any atom is -0.324 e. The molecular formula is C24H20ClF3N8O. The first kappa shape index (κ1) is 24.4. The number of hydrogen-bond donors (Lipinski definition) is 5. The molecule has 0 radical (unpaired) electrons. The van der Waals surface area contributed by atoms with Crippen molar-refractivity contribution in [3.05, 3.63) is 77.1 Å². The number of aromatic nitrogens is 4. The van der Waals surface area contributed by atoms with Crippen molar-refractivity contribution in [1.82, 2.24) is 20.2 Å². The average Bonchev–Trinajstić information content (AvgIpc) is 3.60. The molecule has 37 heavy (non-hydrogen) atoms. The lowest BCUT2D eigenvalue weighted by Crippen LogP contribution is -2.19. The number of hydrogen-bond acceptors (Lipinski definition) is 6. The van der Waals surface area contributed by atoms with Crippen molar-refractivity contribution in [2.24, 2.45) is 0 Å². The van der Waals surface area contributed by atoms with Gasteiger partial charge in [-0.05, 0) is 61.4 Å². The number of nitrogens with zero attached hydrogens (tertiary/aromatic N) is 3. The summed E-state index contributed by atoms with van der Waals surface area (Å²) in [4.78, 5) is 20.9. The number of H-pyrrole nitrogens is 1. The van der Waals surface area contributed by atoms with E-state index in [2.05, 4.69) is 41.4 Å². The highest BCUT2D eigenvalue weighted by atomic mass is 35.5. The first-order valence-corrected chi connectivity index (χ1v) is 11.6. The molecule has 4 aromatic rings. The van der Waals surface area contributed by atoms with E-state index >= 15 is 0 Å². The Balaban J connectivity index is 1.17. The number of urea groups is 1. The number of rotatable bonds is 7. The van der Waals surface area contributed by atoms with Gasteiger partial charge >= 0.3 is 12.2 Å². The van der Waals surface area contributed by atoms with Gasteiger partial charge in [-0.1, -0.05) is 11.6 Å². The van der Waals surface area contributed by atoms with Crippen LogP contribution >= 0.6 is 11.6 Å². The van der Waals surface area contributed by atoms with Gasteiger partial charge in [0.25, 0.3) is 0 Å². The van der Waals surface area contributed by atoms with E-state index in [1.807, 2.05) is 6.07 Å². The van der Waals surface area contributed by atoms with Gasteiger partial charge in [0.1, 0.15) is 5.82 Å². The molecule has 1 fully saturated rings. The summed E-state index contributed by atoms with van der Waals surface area (Å²) < 4.78 is 39.1. The molecule has 9 nitrogen and oxygen atoms in total. The van der Waals surface area contributed by atoms with Crippen LogP contribution in [0, 0.1) is 0 Å². The maximum absolute atomic E-state index is 13.0. The van der Waals surface area contributed by atoms with E-state index in [1.54, 1.807) is 36.5 Å². The Hall–Kier alpha value is -4.32. The van der Waals surface area contributed by atoms with Gasteiger partial charge in [0.2, 0.25) is 5.95 Å². The highest BCUT2D eigenvalue weighted by molar-refractivity contribution is 6.31. The summed E-state index contributed by atoms with van der Waals surface area (Å²) in [5, 5.41) is 18.0. The summed E-state index contributed by atoms with van der Waals surface area (Å²) in [7, 11) is 0. The zero-order chi connectivity index (χ0) is 26.0. The summed E-state index contributed by atoms with van der Waals surface area (Å²) in [5.74, 6) is 2.16. The zero-order valence-corrected chi connectivity index (χ0v) is 19.8. The lowest BCUT2D eigenvalue weighted by Gasteiger charge is -2.12. The van der Waals surface area contributed by atoms with Gasteiger partial charge in [0.15, 0.2) is 5.82 Å². The van der Waals surface area contributed by atoms with Crippen LogP contribution in [0.25, 0.3) is 0 Å². The summed E-state index contributed by atoms with van der Waals surface area (Å²) >= 11 is 5.61. The standard InChI is InChI=1S/C24H20ClF3N8O/c25-18-8-7-16(11-17(18)24(26,27)28)32-23(37)31-15-5-3-14(4-6-15)30-22-29-10-9-20(34-22)33-21-12-19(35-36-21)13-1-2-13/h3-13H,1-2H2,(H2,31,32,37)(H3,29,30,33,34,35,36). The predicted molar refractivity (Wildman–Crippen MR) is 135 cm³/mol. The maximum Gasteiger partial charge on any atom is 0.417 e. The van der Waals surface area contributed by atoms with Gasteiger partial charge in [-0.15, -0.1) is 0 Å². The van der Waals surface area contributed by atoms with E-state index in [0.717, 1.165) is 17.8 Å². The second-order valence-corrected chi connectivity index (χ2v) is 8.75. The van der Waals surface area contributed by atoms with Crippen molar-refractivity contribution < 1.29 is 18.0 Å². The molecule has 0 saturated heterocycles. The van der Waals surface area contributed by atoms with E-state index < -0.39 is 22.8 Å². The summed E-state index contributed by atoms with van der Waals surface area (Å²) in [6.07, 6.45) is -0.681. The molecule has 2 aromatic carbocycles. The fraction of sp³-hybridized carbons (Fsp3) is 0.167. The van der Waals surface area contributed by atoms with Gasteiger partial charge in [0, 0.05) is 40.9 Å². The largest absolute Gasteiger partial charge is 0.417 e. The van der Waals surface area contributed by atoms with Crippen molar-refractivity contribution in [2.45, 2.75) is 24.9 Å². The Morgan fingerprint density at radius 1 is 0.919 bits per heavy atom. The predicted octanol–water partition coefficient (Wildman–Crippen LogP) is 6.88. The van der Waals surface area contributed by atoms with Gasteiger partial charge in [-0.2, -0.15) is 23.3 Å². The molecule has 13 heteroatoms. The normalized spacial score (nSPS) is 13.2. The van der Waals surface area contributed by atoms with Gasteiger partial charge in [0.05, 0.1) is 10.6 Å². The fourth-order valence-electron chi connectivity index (χ4n) is 3.50. The van der Waals surface area contributed by atoms with Gasteiger partial charge in [-0.3, -0.25) is 5.10 Å². The van der Waals surface area contributed by atoms with Crippen molar-refractivity contribution in [3.8, 4) is 0 Å². The van der Waals surface area contributed by atoms with E-state index in [0.29, 0.717) is 34.9 Å². The molecule has 2 aromatic heterocycles. The quantitative estimate of drug-likeness (QED) is 0.178. The lowest BCUT2D eigenvalue weighted by atomic mass is 10.2. The molecule has 1 aliphatic carbocycles. The summed E-state index contributed by atoms with van der Waals surface area (Å²) in [6.45, 7) is 0. The molecule has 1 saturated carbocycles. The monoisotopic (exact) mass is 528 g/mol. The molecule has 0 unspecified atom stereocenters. The smallest absolute Gasteiger partial charge is 0.324 e. The Morgan fingerprint density at radius 3 is 2.35 bits per heavy atom. The van der Waals surface area contributed by atoms with Crippen LogP contribution < -0.4 is 21.3 Å². The van der Waals surface area contributed by atoms with E-state index in [4.69, 9.17) is 11.6 Å². The van der Waals surface area contributed by atoms with E-state index in [9.17, 15) is 18.0 Å². The van der Waals surface area contributed by atoms with Gasteiger partial charge in [-0.25, -0.2) is 9.78 Å². The Labute approximate surface area is 213 Å². The average molecular weight is 529 g/mol. The molecule has 2 amide bonds. The number of nitrogens with one attached hydrogen (secondary N) is 5. The van der Waals surface area contributed by atoms with Crippen LogP contribution in [0.2, 0.25) is 5.02 Å². The Kier molecular flexibility index (Phi) is 6.57. The second-order valence-electron chi connectivity index (χ2n) is 8.35. The number of amides is 2. The maximum atomic E-state index is 13.0. The summed E-state index contributed by atoms with van der Waals surface area (Å²) in [5.41, 5.74) is 1.12. The van der Waals surface area contributed by atoms with E-state index in [-0.39, 0.29) is 5.69 Å². The number of benzene rings is 2. The number of carbonyl (C=O) groups is 1. The highest BCUT2D eigenvalue weighted by Crippen LogP contribution is 2.39. The van der Waals surface area contributed by atoms with Crippen LogP contribution in [-0.2, 0) is 6.18 Å². The van der Waals surface area contributed by atoms with Crippen LogP contribution in [0.1, 0.15) is 30.0 Å². The van der Waals surface area contributed by atoms with Crippen LogP contribution in [0.4, 0.5) is 52.6 Å². The van der Waals surface area contributed by atoms with Crippen molar-refractivity contribution >= 4 is 52.3 Å². The molecule has 0 spiro atoms. The number of carbonyl (C=O) groups excluding carboxylic acids is 1. The van der Waals surface area contributed by atoms with Crippen molar-refractivity contribution in [1.29, 1.82) is 0 Å². The molecule has 2 heterocycles. The molecule has 0 atom stereocenters. The number of halogens is 4. The summed E-state index contributed by atoms with van der Waals surface area (Å²) in [6, 6.07) is 12.7. The first-order chi connectivity index (χ1) is 17.7.